The Morgan fingerprint density at radius 3 is 2.10 bits per heavy atom. The molecular weight excluding hydrogens is 548 g/mol. The van der Waals surface area contributed by atoms with Gasteiger partial charge >= 0.3 is 0 Å². The molecule has 0 radical (unpaired) electrons. The lowest BCUT2D eigenvalue weighted by Crippen LogP contribution is -2.15. The Morgan fingerprint density at radius 2 is 1.52 bits per heavy atom. The van der Waals surface area contributed by atoms with Crippen molar-refractivity contribution in [1.82, 2.24) is 19.4 Å². The van der Waals surface area contributed by atoms with E-state index < -0.39 is 11.8 Å². The smallest absolute Gasteiger partial charge is 0.248 e. The van der Waals surface area contributed by atoms with Gasteiger partial charge in [0.05, 0.1) is 11.6 Å². The molecule has 220 valence electrons. The van der Waals surface area contributed by atoms with E-state index in [-0.39, 0.29) is 0 Å². The summed E-state index contributed by atoms with van der Waals surface area (Å²) >= 11 is 5.86. The highest BCUT2D eigenvalue weighted by atomic mass is 35.5. The molecule has 0 fully saturated rings. The van der Waals surface area contributed by atoms with Crippen molar-refractivity contribution >= 4 is 34.3 Å². The van der Waals surface area contributed by atoms with Gasteiger partial charge in [-0.15, -0.1) is 0 Å². The molecular formula is C33H39ClN6O2. The fourth-order valence-corrected chi connectivity index (χ4v) is 4.73. The van der Waals surface area contributed by atoms with E-state index in [1.54, 1.807) is 53.9 Å². The van der Waals surface area contributed by atoms with Gasteiger partial charge in [-0.25, -0.2) is 4.98 Å². The summed E-state index contributed by atoms with van der Waals surface area (Å²) in [6.07, 6.45) is 9.31. The summed E-state index contributed by atoms with van der Waals surface area (Å²) in [5, 5.41) is 1.54. The number of aromatic amines is 1. The third kappa shape index (κ3) is 8.55. The number of halogens is 1. The minimum atomic E-state index is -0.437. The number of fused-ring (bicyclic) bond motifs is 2. The monoisotopic (exact) mass is 586 g/mol. The van der Waals surface area contributed by atoms with Crippen LogP contribution in [-0.2, 0) is 19.4 Å². The molecule has 0 unspecified atom stereocenters. The maximum Gasteiger partial charge on any atom is 0.248 e. The van der Waals surface area contributed by atoms with Crippen molar-refractivity contribution < 1.29 is 9.59 Å². The van der Waals surface area contributed by atoms with Crippen LogP contribution in [0.1, 0.15) is 57.9 Å². The quantitative estimate of drug-likeness (QED) is 0.228. The van der Waals surface area contributed by atoms with E-state index in [1.807, 2.05) is 50.8 Å². The van der Waals surface area contributed by atoms with Crippen LogP contribution < -0.4 is 11.5 Å². The second kappa shape index (κ2) is 15.6. The fraction of sp³-hybridized carbons (Fsp3) is 0.242. The number of nitrogens with zero attached hydrogens (tertiary/aromatic N) is 3. The summed E-state index contributed by atoms with van der Waals surface area (Å²) < 4.78 is 1.99. The lowest BCUT2D eigenvalue weighted by molar-refractivity contribution is 0.0992. The number of aryl methyl sites for hydroxylation is 2. The number of carbonyl (C=O) groups is 2. The number of nitrogens with two attached hydrogens (primary N) is 2. The molecule has 5 aromatic rings. The number of amides is 2. The molecule has 2 aromatic heterocycles. The Labute approximate surface area is 252 Å². The van der Waals surface area contributed by atoms with Crippen molar-refractivity contribution in [3.63, 3.8) is 0 Å². The van der Waals surface area contributed by atoms with Crippen molar-refractivity contribution in [2.45, 2.75) is 39.7 Å². The molecule has 0 bridgehead atoms. The molecule has 0 saturated heterocycles. The van der Waals surface area contributed by atoms with Gasteiger partial charge in [-0.05, 0) is 80.9 Å². The maximum atomic E-state index is 11.0. The van der Waals surface area contributed by atoms with Crippen LogP contribution in [0.25, 0.3) is 16.6 Å². The SMILES string of the molecule is CC.CN(C)Cc1nccn1-c1ccc(C(N)=O)cc1.NC(=O)c1ccc2c(Cl)c[nH]c2c1.c1ccc2c(c1)CCC2. The summed E-state index contributed by atoms with van der Waals surface area (Å²) in [6, 6.07) is 21.0. The lowest BCUT2D eigenvalue weighted by Gasteiger charge is -2.12. The number of imidazole rings is 1. The van der Waals surface area contributed by atoms with Gasteiger partial charge in [-0.1, -0.05) is 55.8 Å². The van der Waals surface area contributed by atoms with Crippen LogP contribution in [0, 0.1) is 0 Å². The van der Waals surface area contributed by atoms with Crippen molar-refractivity contribution in [1.29, 1.82) is 0 Å². The molecule has 9 heteroatoms. The molecule has 2 heterocycles. The Morgan fingerprint density at radius 1 is 0.929 bits per heavy atom. The highest BCUT2D eigenvalue weighted by Crippen LogP contribution is 2.23. The predicted molar refractivity (Wildman–Crippen MR) is 171 cm³/mol. The molecule has 2 amide bonds. The molecule has 3 aromatic carbocycles. The van der Waals surface area contributed by atoms with Gasteiger partial charge in [0.1, 0.15) is 5.82 Å². The van der Waals surface area contributed by atoms with Crippen LogP contribution in [-0.4, -0.2) is 45.3 Å². The van der Waals surface area contributed by atoms with Crippen LogP contribution in [0.3, 0.4) is 0 Å². The molecule has 1 aliphatic rings. The van der Waals surface area contributed by atoms with Gasteiger partial charge in [-0.2, -0.15) is 0 Å². The summed E-state index contributed by atoms with van der Waals surface area (Å²) in [6.45, 7) is 4.75. The Kier molecular flexibility index (Phi) is 11.9. The third-order valence-electron chi connectivity index (χ3n) is 6.53. The molecule has 0 spiro atoms. The molecule has 0 atom stereocenters. The van der Waals surface area contributed by atoms with Gasteiger partial charge in [0, 0.05) is 46.3 Å². The van der Waals surface area contributed by atoms with Gasteiger partial charge in [0.2, 0.25) is 11.8 Å². The number of rotatable bonds is 5. The zero-order valence-corrected chi connectivity index (χ0v) is 25.4. The standard InChI is InChI=1S/C13H16N4O.C9H7ClN2O.C9H10.C2H6/c1-16(2)9-12-15-7-8-17(12)11-5-3-10(4-6-11)13(14)18;10-7-4-12-8-3-5(9(11)13)1-2-6(7)8;1-2-5-9-7-3-6-8(9)4-1;1-2/h3-8H,9H2,1-2H3,(H2,14,18);1-4,12H,(H2,11,13);1-2,4-5H,3,6-7H2;1-2H3. The molecule has 0 saturated carbocycles. The van der Waals surface area contributed by atoms with Crippen molar-refractivity contribution in [2.24, 2.45) is 11.5 Å². The van der Waals surface area contributed by atoms with Gasteiger partial charge in [0.15, 0.2) is 0 Å². The van der Waals surface area contributed by atoms with Crippen LogP contribution >= 0.6 is 11.6 Å². The third-order valence-corrected chi connectivity index (χ3v) is 6.84. The number of hydrogen-bond acceptors (Lipinski definition) is 4. The first-order valence-electron chi connectivity index (χ1n) is 13.9. The number of nitrogens with one attached hydrogen (secondary N) is 1. The second-order valence-corrected chi connectivity index (χ2v) is 10.2. The number of primary amides is 2. The van der Waals surface area contributed by atoms with Crippen molar-refractivity contribution in [3.05, 3.63) is 118 Å². The average molecular weight is 587 g/mol. The Balaban J connectivity index is 0.000000176. The minimum Gasteiger partial charge on any atom is -0.366 e. The largest absolute Gasteiger partial charge is 0.366 e. The zero-order valence-electron chi connectivity index (χ0n) is 24.6. The molecule has 1 aliphatic carbocycles. The van der Waals surface area contributed by atoms with Crippen molar-refractivity contribution in [2.75, 3.05) is 14.1 Å². The van der Waals surface area contributed by atoms with E-state index in [9.17, 15) is 9.59 Å². The molecule has 0 aliphatic heterocycles. The van der Waals surface area contributed by atoms with E-state index in [1.165, 1.54) is 19.3 Å². The first kappa shape index (κ1) is 32.1. The Bertz CT molecular complexity index is 1580. The molecule has 8 nitrogen and oxygen atoms in total. The summed E-state index contributed by atoms with van der Waals surface area (Å²) in [5.41, 5.74) is 16.2. The van der Waals surface area contributed by atoms with E-state index >= 15 is 0 Å². The van der Waals surface area contributed by atoms with Gasteiger partial charge in [0.25, 0.3) is 0 Å². The van der Waals surface area contributed by atoms with Crippen LogP contribution in [0.5, 0.6) is 0 Å². The van der Waals surface area contributed by atoms with Crippen LogP contribution in [0.4, 0.5) is 0 Å². The topological polar surface area (TPSA) is 123 Å². The highest BCUT2D eigenvalue weighted by Gasteiger charge is 2.08. The lowest BCUT2D eigenvalue weighted by atomic mass is 10.1. The van der Waals surface area contributed by atoms with E-state index in [4.69, 9.17) is 23.1 Å². The number of H-pyrrole nitrogens is 1. The minimum absolute atomic E-state index is 0.416. The fourth-order valence-electron chi connectivity index (χ4n) is 4.51. The number of hydrogen-bond donors (Lipinski definition) is 3. The summed E-state index contributed by atoms with van der Waals surface area (Å²) in [7, 11) is 3.99. The maximum absolute atomic E-state index is 11.0. The highest BCUT2D eigenvalue weighted by molar-refractivity contribution is 6.35. The predicted octanol–water partition coefficient (Wildman–Crippen LogP) is 6.15. The number of aromatic nitrogens is 3. The molecule has 6 rings (SSSR count). The normalized spacial score (nSPS) is 11.4. The summed E-state index contributed by atoms with van der Waals surface area (Å²) in [5.74, 6) is 0.0974. The average Bonchev–Trinajstić information content (AvgIpc) is 3.75. The van der Waals surface area contributed by atoms with E-state index in [0.29, 0.717) is 16.1 Å². The second-order valence-electron chi connectivity index (χ2n) is 9.75. The molecule has 5 N–H and O–H groups in total. The van der Waals surface area contributed by atoms with Gasteiger partial charge in [-0.3, -0.25) is 9.59 Å². The number of carbonyl (C=O) groups excluding carboxylic acids is 2. The van der Waals surface area contributed by atoms with Crippen LogP contribution in [0.2, 0.25) is 5.02 Å². The van der Waals surface area contributed by atoms with E-state index in [0.717, 1.165) is 29.0 Å². The van der Waals surface area contributed by atoms with Crippen LogP contribution in [0.15, 0.2) is 85.3 Å². The zero-order chi connectivity index (χ0) is 30.6. The summed E-state index contributed by atoms with van der Waals surface area (Å²) in [4.78, 5) is 31.1. The van der Waals surface area contributed by atoms with Gasteiger partial charge < -0.3 is 25.9 Å². The first-order valence-corrected chi connectivity index (χ1v) is 14.3. The molecule has 42 heavy (non-hydrogen) atoms. The number of benzene rings is 3. The van der Waals surface area contributed by atoms with Crippen molar-refractivity contribution in [3.8, 4) is 5.69 Å². The first-order chi connectivity index (χ1) is 20.2. The van der Waals surface area contributed by atoms with E-state index in [2.05, 4.69) is 39.1 Å². The Hall–Kier alpha value is -4.40.